The van der Waals surface area contributed by atoms with Crippen LogP contribution in [0.2, 0.25) is 0 Å². The summed E-state index contributed by atoms with van der Waals surface area (Å²) in [7, 11) is 1.56. The van der Waals surface area contributed by atoms with E-state index >= 15 is 0 Å². The van der Waals surface area contributed by atoms with E-state index in [4.69, 9.17) is 9.47 Å². The molecule has 0 saturated heterocycles. The van der Waals surface area contributed by atoms with Gasteiger partial charge < -0.3 is 9.47 Å². The predicted octanol–water partition coefficient (Wildman–Crippen LogP) is 3.43. The maximum Gasteiger partial charge on any atom is 0.358 e. The first kappa shape index (κ1) is 16.7. The van der Waals surface area contributed by atoms with Crippen molar-refractivity contribution in [2.45, 2.75) is 13.8 Å². The zero-order valence-corrected chi connectivity index (χ0v) is 14.4. The lowest BCUT2D eigenvalue weighted by molar-refractivity contribution is 0.0519. The molecule has 0 radical (unpaired) electrons. The number of rotatable bonds is 5. The molecule has 3 aromatic rings. The van der Waals surface area contributed by atoms with Crippen molar-refractivity contribution in [3.63, 3.8) is 0 Å². The Labute approximate surface area is 146 Å². The fourth-order valence-corrected chi connectivity index (χ4v) is 2.43. The first-order chi connectivity index (χ1) is 12.1. The Hall–Kier alpha value is -3.15. The van der Waals surface area contributed by atoms with Gasteiger partial charge in [0.15, 0.2) is 5.69 Å². The number of aromatic nitrogens is 3. The van der Waals surface area contributed by atoms with Crippen molar-refractivity contribution in [2.75, 3.05) is 13.7 Å². The lowest BCUT2D eigenvalue weighted by atomic mass is 10.1. The van der Waals surface area contributed by atoms with Gasteiger partial charge in [-0.3, -0.25) is 0 Å². The molecule has 0 N–H and O–H groups in total. The van der Waals surface area contributed by atoms with Gasteiger partial charge in [0.2, 0.25) is 5.88 Å². The number of hydrogen-bond donors (Lipinski definition) is 0. The third kappa shape index (κ3) is 3.52. The van der Waals surface area contributed by atoms with E-state index in [1.807, 2.05) is 37.3 Å². The molecule has 0 fully saturated rings. The molecule has 0 unspecified atom stereocenters. The third-order valence-corrected chi connectivity index (χ3v) is 3.72. The van der Waals surface area contributed by atoms with Gasteiger partial charge in [0.1, 0.15) is 0 Å². The Bertz CT molecular complexity index is 868. The fraction of sp³-hybridized carbons (Fsp3) is 0.211. The van der Waals surface area contributed by atoms with Crippen molar-refractivity contribution in [1.29, 1.82) is 0 Å². The van der Waals surface area contributed by atoms with Crippen LogP contribution in [0.25, 0.3) is 16.9 Å². The summed E-state index contributed by atoms with van der Waals surface area (Å²) in [5.74, 6) is 0.0643. The number of benzene rings is 1. The molecule has 0 aliphatic heterocycles. The molecular weight excluding hydrogens is 318 g/mol. The van der Waals surface area contributed by atoms with Crippen molar-refractivity contribution in [2.24, 2.45) is 0 Å². The second-order valence-corrected chi connectivity index (χ2v) is 5.47. The minimum absolute atomic E-state index is 0.258. The molecule has 25 heavy (non-hydrogen) atoms. The number of ether oxygens (including phenoxy) is 2. The highest BCUT2D eigenvalue weighted by molar-refractivity contribution is 5.89. The monoisotopic (exact) mass is 337 g/mol. The molecule has 128 valence electrons. The highest BCUT2D eigenvalue weighted by Gasteiger charge is 2.17. The van der Waals surface area contributed by atoms with E-state index in [1.54, 1.807) is 37.0 Å². The van der Waals surface area contributed by atoms with Crippen molar-refractivity contribution in [1.82, 2.24) is 14.8 Å². The Morgan fingerprint density at radius 1 is 1.16 bits per heavy atom. The minimum atomic E-state index is -0.448. The Morgan fingerprint density at radius 2 is 1.92 bits per heavy atom. The van der Waals surface area contributed by atoms with Crippen LogP contribution >= 0.6 is 0 Å². The molecule has 1 aromatic carbocycles. The summed E-state index contributed by atoms with van der Waals surface area (Å²) in [5, 5.41) is 4.41. The van der Waals surface area contributed by atoms with Crippen LogP contribution in [0.5, 0.6) is 5.88 Å². The molecule has 6 nitrogen and oxygen atoms in total. The minimum Gasteiger partial charge on any atom is -0.481 e. The lowest BCUT2D eigenvalue weighted by Crippen LogP contribution is -2.07. The lowest BCUT2D eigenvalue weighted by Gasteiger charge is -2.08. The summed E-state index contributed by atoms with van der Waals surface area (Å²) in [4.78, 5) is 16.3. The molecule has 2 aromatic heterocycles. The normalized spacial score (nSPS) is 10.5. The molecule has 0 bridgehead atoms. The van der Waals surface area contributed by atoms with Crippen LogP contribution in [0.3, 0.4) is 0 Å². The first-order valence-corrected chi connectivity index (χ1v) is 7.97. The second-order valence-electron chi connectivity index (χ2n) is 5.47. The quantitative estimate of drug-likeness (QED) is 0.667. The molecule has 0 atom stereocenters. The maximum atomic E-state index is 12.1. The molecule has 0 aliphatic carbocycles. The van der Waals surface area contributed by atoms with Crippen LogP contribution < -0.4 is 4.74 Å². The fourth-order valence-electron chi connectivity index (χ4n) is 2.43. The van der Waals surface area contributed by atoms with Gasteiger partial charge >= 0.3 is 5.97 Å². The van der Waals surface area contributed by atoms with Gasteiger partial charge in [-0.05, 0) is 26.0 Å². The van der Waals surface area contributed by atoms with E-state index in [9.17, 15) is 4.79 Å². The highest BCUT2D eigenvalue weighted by atomic mass is 16.5. The molecule has 0 aliphatic rings. The Balaban J connectivity index is 2.10. The van der Waals surface area contributed by atoms with Crippen LogP contribution in [0.1, 0.15) is 23.0 Å². The van der Waals surface area contributed by atoms with Gasteiger partial charge in [0, 0.05) is 11.6 Å². The van der Waals surface area contributed by atoms with Gasteiger partial charge in [-0.15, -0.1) is 0 Å². The van der Waals surface area contributed by atoms with Crippen LogP contribution in [0, 0.1) is 6.92 Å². The predicted molar refractivity (Wildman–Crippen MR) is 94.0 cm³/mol. The second kappa shape index (κ2) is 7.17. The van der Waals surface area contributed by atoms with Gasteiger partial charge in [0.05, 0.1) is 31.3 Å². The average Bonchev–Trinajstić information content (AvgIpc) is 3.08. The topological polar surface area (TPSA) is 66.2 Å². The number of carbonyl (C=O) groups excluding carboxylic acids is 1. The molecule has 0 amide bonds. The number of esters is 1. The van der Waals surface area contributed by atoms with Crippen LogP contribution in [-0.4, -0.2) is 34.5 Å². The first-order valence-electron chi connectivity index (χ1n) is 7.97. The molecule has 6 heteroatoms. The van der Waals surface area contributed by atoms with E-state index in [0.717, 1.165) is 22.5 Å². The van der Waals surface area contributed by atoms with E-state index in [-0.39, 0.29) is 5.69 Å². The highest BCUT2D eigenvalue weighted by Crippen LogP contribution is 2.25. The number of hydrogen-bond acceptors (Lipinski definition) is 5. The van der Waals surface area contributed by atoms with E-state index < -0.39 is 5.97 Å². The van der Waals surface area contributed by atoms with Crippen molar-refractivity contribution in [3.05, 3.63) is 59.9 Å². The maximum absolute atomic E-state index is 12.1. The van der Waals surface area contributed by atoms with Crippen molar-refractivity contribution >= 4 is 5.97 Å². The Kier molecular flexibility index (Phi) is 4.79. The summed E-state index contributed by atoms with van der Waals surface area (Å²) in [6, 6.07) is 13.3. The molecule has 0 saturated carbocycles. The van der Waals surface area contributed by atoms with Crippen LogP contribution in [-0.2, 0) is 4.74 Å². The summed E-state index contributed by atoms with van der Waals surface area (Å²) in [5.41, 5.74) is 3.88. The number of carbonyl (C=O) groups is 1. The van der Waals surface area contributed by atoms with Gasteiger partial charge in [-0.2, -0.15) is 5.10 Å². The molecule has 2 heterocycles. The van der Waals surface area contributed by atoms with Crippen molar-refractivity contribution in [3.8, 4) is 22.8 Å². The van der Waals surface area contributed by atoms with E-state index in [1.165, 1.54) is 0 Å². The Morgan fingerprint density at radius 3 is 2.52 bits per heavy atom. The molecular formula is C19H19N3O3. The zero-order valence-electron chi connectivity index (χ0n) is 14.4. The van der Waals surface area contributed by atoms with E-state index in [0.29, 0.717) is 12.5 Å². The van der Waals surface area contributed by atoms with E-state index in [2.05, 4.69) is 10.1 Å². The summed E-state index contributed by atoms with van der Waals surface area (Å²) in [6.45, 7) is 4.09. The van der Waals surface area contributed by atoms with Crippen LogP contribution in [0.4, 0.5) is 0 Å². The SMILES string of the molecule is CCOC(=O)c1cc(-c2ccc(C)cc2)n(-c2ccc(OC)nc2)n1. The number of pyridine rings is 1. The van der Waals surface area contributed by atoms with Crippen LogP contribution in [0.15, 0.2) is 48.7 Å². The average molecular weight is 337 g/mol. The largest absolute Gasteiger partial charge is 0.481 e. The summed E-state index contributed by atoms with van der Waals surface area (Å²) >= 11 is 0. The zero-order chi connectivity index (χ0) is 17.8. The third-order valence-electron chi connectivity index (χ3n) is 3.72. The number of nitrogens with zero attached hydrogens (tertiary/aromatic N) is 3. The van der Waals surface area contributed by atoms with Gasteiger partial charge in [-0.1, -0.05) is 29.8 Å². The van der Waals surface area contributed by atoms with Crippen molar-refractivity contribution < 1.29 is 14.3 Å². The summed E-state index contributed by atoms with van der Waals surface area (Å²) in [6.07, 6.45) is 1.65. The number of aryl methyl sites for hydroxylation is 1. The molecule has 3 rings (SSSR count). The molecule has 0 spiro atoms. The van der Waals surface area contributed by atoms with Gasteiger partial charge in [-0.25, -0.2) is 14.5 Å². The van der Waals surface area contributed by atoms with Gasteiger partial charge in [0.25, 0.3) is 0 Å². The summed E-state index contributed by atoms with van der Waals surface area (Å²) < 4.78 is 11.9. The number of methoxy groups -OCH3 is 1. The smallest absolute Gasteiger partial charge is 0.358 e. The standard InChI is InChI=1S/C19H19N3O3/c1-4-25-19(23)16-11-17(14-7-5-13(2)6-8-14)22(21-16)15-9-10-18(24-3)20-12-15/h5-12H,4H2,1-3H3.